The first-order chi connectivity index (χ1) is 29.0. The van der Waals surface area contributed by atoms with Crippen LogP contribution in [-0.2, 0) is 38.0 Å². The number of unbranched alkanes of at least 4 members (excludes halogenated alkanes) is 19. The van der Waals surface area contributed by atoms with Crippen LogP contribution in [0.2, 0.25) is 0 Å². The fraction of sp³-hybridized carbons (Fsp3) is 0.911. The van der Waals surface area contributed by atoms with Crippen molar-refractivity contribution in [2.45, 2.75) is 235 Å². The first kappa shape index (κ1) is 54.4. The lowest BCUT2D eigenvalue weighted by atomic mass is 9.98. The summed E-state index contributed by atoms with van der Waals surface area (Å²) >= 11 is 0. The number of hydrogen-bond acceptors (Lipinski definition) is 15. The van der Waals surface area contributed by atoms with Crippen molar-refractivity contribution in [3.63, 3.8) is 0 Å². The van der Waals surface area contributed by atoms with Gasteiger partial charge in [-0.3, -0.25) is 9.59 Å². The van der Waals surface area contributed by atoms with Crippen molar-refractivity contribution in [2.75, 3.05) is 26.4 Å². The van der Waals surface area contributed by atoms with E-state index in [0.29, 0.717) is 12.8 Å². The minimum atomic E-state index is -1.76. The summed E-state index contributed by atoms with van der Waals surface area (Å²) in [5.41, 5.74) is 0. The van der Waals surface area contributed by atoms with Crippen LogP contribution < -0.4 is 0 Å². The third-order valence-electron chi connectivity index (χ3n) is 11.2. The molecule has 2 aliphatic heterocycles. The summed E-state index contributed by atoms with van der Waals surface area (Å²) in [7, 11) is 0. The smallest absolute Gasteiger partial charge is 0.306 e. The number of rotatable bonds is 35. The lowest BCUT2D eigenvalue weighted by molar-refractivity contribution is -0.332. The van der Waals surface area contributed by atoms with E-state index in [0.717, 1.165) is 57.8 Å². The second-order valence-corrected chi connectivity index (χ2v) is 16.6. The fourth-order valence-corrected chi connectivity index (χ4v) is 7.33. The molecule has 352 valence electrons. The van der Waals surface area contributed by atoms with Gasteiger partial charge in [0.1, 0.15) is 55.4 Å². The van der Waals surface area contributed by atoms with Gasteiger partial charge >= 0.3 is 11.9 Å². The minimum Gasteiger partial charge on any atom is -0.462 e. The molecule has 2 rings (SSSR count). The highest BCUT2D eigenvalue weighted by molar-refractivity contribution is 5.70. The van der Waals surface area contributed by atoms with E-state index in [-0.39, 0.29) is 26.1 Å². The van der Waals surface area contributed by atoms with Crippen LogP contribution in [0.4, 0.5) is 0 Å². The Labute approximate surface area is 359 Å². The van der Waals surface area contributed by atoms with Gasteiger partial charge in [0.05, 0.1) is 19.8 Å². The van der Waals surface area contributed by atoms with E-state index < -0.39 is 92.7 Å². The first-order valence-corrected chi connectivity index (χ1v) is 23.3. The van der Waals surface area contributed by atoms with Gasteiger partial charge in [-0.05, 0) is 38.5 Å². The number of aliphatic hydroxyl groups excluding tert-OH is 7. The van der Waals surface area contributed by atoms with Crippen LogP contribution in [0.15, 0.2) is 12.2 Å². The fourth-order valence-electron chi connectivity index (χ4n) is 7.33. The summed E-state index contributed by atoms with van der Waals surface area (Å²) in [6.45, 7) is 2.54. The van der Waals surface area contributed by atoms with Gasteiger partial charge in [0.15, 0.2) is 18.7 Å². The molecule has 4 unspecified atom stereocenters. The zero-order chi connectivity index (χ0) is 44.0. The van der Waals surface area contributed by atoms with E-state index in [1.165, 1.54) is 70.6 Å². The quantitative estimate of drug-likeness (QED) is 0.0252. The number of allylic oxidation sites excluding steroid dienone is 2. The molecule has 0 aromatic rings. The van der Waals surface area contributed by atoms with Crippen molar-refractivity contribution in [1.29, 1.82) is 0 Å². The zero-order valence-electron chi connectivity index (χ0n) is 36.7. The Morgan fingerprint density at radius 1 is 0.517 bits per heavy atom. The number of carbonyl (C=O) groups excluding carboxylic acids is 2. The third-order valence-corrected chi connectivity index (χ3v) is 11.2. The maximum Gasteiger partial charge on any atom is 0.306 e. The van der Waals surface area contributed by atoms with Gasteiger partial charge in [-0.15, -0.1) is 0 Å². The first-order valence-electron chi connectivity index (χ1n) is 23.3. The molecule has 0 saturated carbocycles. The van der Waals surface area contributed by atoms with Crippen LogP contribution in [0.3, 0.4) is 0 Å². The molecular formula is C45H82O15. The van der Waals surface area contributed by atoms with Crippen molar-refractivity contribution < 1.29 is 73.8 Å². The number of hydrogen-bond donors (Lipinski definition) is 7. The molecule has 7 N–H and O–H groups in total. The normalized spacial score (nSPS) is 27.6. The summed E-state index contributed by atoms with van der Waals surface area (Å²) in [5, 5.41) is 71.8. The van der Waals surface area contributed by atoms with Crippen LogP contribution in [0, 0.1) is 0 Å². The van der Waals surface area contributed by atoms with Crippen molar-refractivity contribution in [3.8, 4) is 0 Å². The van der Waals surface area contributed by atoms with Crippen LogP contribution in [0.25, 0.3) is 0 Å². The predicted molar refractivity (Wildman–Crippen MR) is 224 cm³/mol. The average Bonchev–Trinajstić information content (AvgIpc) is 3.24. The molecule has 0 spiro atoms. The molecule has 0 radical (unpaired) electrons. The molecule has 0 bridgehead atoms. The van der Waals surface area contributed by atoms with Gasteiger partial charge in [0.2, 0.25) is 0 Å². The molecule has 2 fully saturated rings. The van der Waals surface area contributed by atoms with E-state index in [1.54, 1.807) is 0 Å². The maximum absolute atomic E-state index is 12.9. The van der Waals surface area contributed by atoms with Gasteiger partial charge in [0, 0.05) is 12.8 Å². The van der Waals surface area contributed by atoms with E-state index in [1.807, 2.05) is 0 Å². The number of ether oxygens (including phenoxy) is 6. The summed E-state index contributed by atoms with van der Waals surface area (Å²) in [4.78, 5) is 25.6. The minimum absolute atomic E-state index is 0.158. The lowest BCUT2D eigenvalue weighted by Gasteiger charge is -2.42. The van der Waals surface area contributed by atoms with Gasteiger partial charge < -0.3 is 64.2 Å². The van der Waals surface area contributed by atoms with Crippen molar-refractivity contribution in [3.05, 3.63) is 12.2 Å². The summed E-state index contributed by atoms with van der Waals surface area (Å²) in [6, 6.07) is 0. The largest absolute Gasteiger partial charge is 0.462 e. The summed E-state index contributed by atoms with van der Waals surface area (Å²) in [5.74, 6) is -0.932. The molecule has 2 saturated heterocycles. The molecule has 2 aliphatic rings. The van der Waals surface area contributed by atoms with Crippen molar-refractivity contribution in [2.24, 2.45) is 0 Å². The Balaban J connectivity index is 1.86. The maximum atomic E-state index is 12.9. The molecule has 0 amide bonds. The van der Waals surface area contributed by atoms with Gasteiger partial charge in [-0.2, -0.15) is 0 Å². The average molecular weight is 863 g/mol. The monoisotopic (exact) mass is 863 g/mol. The third kappa shape index (κ3) is 22.5. The molecule has 15 nitrogen and oxygen atoms in total. The summed E-state index contributed by atoms with van der Waals surface area (Å²) < 4.78 is 33.4. The highest BCUT2D eigenvalue weighted by Crippen LogP contribution is 2.26. The molecule has 0 aromatic carbocycles. The van der Waals surface area contributed by atoms with Gasteiger partial charge in [-0.25, -0.2) is 0 Å². The molecule has 15 heteroatoms. The van der Waals surface area contributed by atoms with Crippen molar-refractivity contribution >= 4 is 11.9 Å². The number of carbonyl (C=O) groups is 2. The van der Waals surface area contributed by atoms with Crippen LogP contribution in [0.1, 0.15) is 168 Å². The Morgan fingerprint density at radius 2 is 0.950 bits per heavy atom. The van der Waals surface area contributed by atoms with Crippen molar-refractivity contribution in [1.82, 2.24) is 0 Å². The second kappa shape index (κ2) is 33.8. The number of esters is 2. The Morgan fingerprint density at radius 3 is 1.50 bits per heavy atom. The summed E-state index contributed by atoms with van der Waals surface area (Å²) in [6.07, 6.45) is 12.5. The molecule has 0 aliphatic carbocycles. The lowest BCUT2D eigenvalue weighted by Crippen LogP contribution is -2.61. The highest BCUT2D eigenvalue weighted by Gasteiger charge is 2.47. The second-order valence-electron chi connectivity index (χ2n) is 16.6. The molecule has 2 heterocycles. The van der Waals surface area contributed by atoms with E-state index >= 15 is 0 Å². The molecule has 11 atom stereocenters. The Bertz CT molecular complexity index is 1110. The van der Waals surface area contributed by atoms with E-state index in [2.05, 4.69) is 26.0 Å². The molecule has 60 heavy (non-hydrogen) atoms. The van der Waals surface area contributed by atoms with Crippen LogP contribution in [0.5, 0.6) is 0 Å². The number of aliphatic hydroxyl groups is 7. The predicted octanol–water partition coefficient (Wildman–Crippen LogP) is 5.04. The van der Waals surface area contributed by atoms with Gasteiger partial charge in [0.25, 0.3) is 0 Å². The SMILES string of the molecule is CCCCC/C=C/CCCCCCCC(=O)O[C@H](COC(=O)CCCCCCCCCCCCCC)CO[C@@H]1O[C@H](CO[C@@H]2O[C@H](CO)[C@H](O)C(O)C2O)[C@H](O)C(O)C1O. The Kier molecular flexibility index (Phi) is 30.6. The zero-order valence-corrected chi connectivity index (χ0v) is 36.7. The highest BCUT2D eigenvalue weighted by atomic mass is 16.7. The van der Waals surface area contributed by atoms with Crippen LogP contribution >= 0.6 is 0 Å². The molecule has 0 aromatic heterocycles. The molecular weight excluding hydrogens is 780 g/mol. The van der Waals surface area contributed by atoms with Gasteiger partial charge in [-0.1, -0.05) is 129 Å². The van der Waals surface area contributed by atoms with E-state index in [4.69, 9.17) is 28.4 Å². The Hall–Kier alpha value is -1.76. The van der Waals surface area contributed by atoms with Crippen LogP contribution in [-0.4, -0.2) is 142 Å². The van der Waals surface area contributed by atoms with E-state index in [9.17, 15) is 45.3 Å². The standard InChI is InChI=1S/C45H82O15/c1-3-5-7-9-11-13-15-17-19-21-23-25-27-36(47)55-30-33(58-37(48)28-26-24-22-20-18-16-14-12-10-8-6-4-2)31-56-44-43(54)41(52)39(50)35(60-44)32-57-45-42(53)40(51)38(49)34(29-46)59-45/h12,14,33-35,38-46,49-54H,3-11,13,15-32H2,1-2H3/b14-12+/t33-,34-,35-,38+,39+,40?,41?,42?,43?,44-,45-/m1/s1. The topological polar surface area (TPSA) is 231 Å².